The van der Waals surface area contributed by atoms with Gasteiger partial charge in [0.25, 0.3) is 0 Å². The average Bonchev–Trinajstić information content (AvgIpc) is 2.33. The van der Waals surface area contributed by atoms with E-state index in [1.165, 1.54) is 5.56 Å². The van der Waals surface area contributed by atoms with Crippen molar-refractivity contribution in [2.24, 2.45) is 0 Å². The van der Waals surface area contributed by atoms with E-state index in [0.29, 0.717) is 6.42 Å². The van der Waals surface area contributed by atoms with Crippen molar-refractivity contribution in [3.8, 4) is 0 Å². The molecule has 0 amide bonds. The van der Waals surface area contributed by atoms with Crippen LogP contribution in [-0.4, -0.2) is 10.8 Å². The third-order valence-electron chi connectivity index (χ3n) is 2.57. The molecule has 1 N–H and O–H groups in total. The van der Waals surface area contributed by atoms with Gasteiger partial charge >= 0.3 is 0 Å². The summed E-state index contributed by atoms with van der Waals surface area (Å²) in [6.45, 7) is 8.08. The van der Waals surface area contributed by atoms with Crippen molar-refractivity contribution in [2.45, 2.75) is 40.5 Å². The number of carbonyl (C=O) groups excluding carboxylic acids is 1. The van der Waals surface area contributed by atoms with E-state index in [4.69, 9.17) is 0 Å². The third kappa shape index (κ3) is 1.82. The van der Waals surface area contributed by atoms with Crippen LogP contribution in [0.4, 0.5) is 0 Å². The largest absolute Gasteiger partial charge is 0.356 e. The van der Waals surface area contributed by atoms with Gasteiger partial charge in [-0.1, -0.05) is 6.92 Å². The molecule has 0 saturated heterocycles. The highest BCUT2D eigenvalue weighted by atomic mass is 16.1. The molecule has 2 heteroatoms. The monoisotopic (exact) mass is 179 g/mol. The number of H-pyrrole nitrogens is 1. The summed E-state index contributed by atoms with van der Waals surface area (Å²) in [6, 6.07) is 0. The average molecular weight is 179 g/mol. The van der Waals surface area contributed by atoms with E-state index in [1.54, 1.807) is 0 Å². The summed E-state index contributed by atoms with van der Waals surface area (Å²) in [6.07, 6.45) is 1.55. The molecule has 0 aliphatic heterocycles. The standard InChI is InChI=1S/C11H17NO/c1-5-6-10(13)11-8(3)7(2)9(4)12-11/h12H,5-6H2,1-4H3. The van der Waals surface area contributed by atoms with Crippen LogP contribution in [0.25, 0.3) is 0 Å². The molecule has 1 aromatic rings. The molecule has 1 heterocycles. The Kier molecular flexibility index (Phi) is 2.91. The van der Waals surface area contributed by atoms with E-state index in [1.807, 2.05) is 27.7 Å². The molecule has 2 nitrogen and oxygen atoms in total. The van der Waals surface area contributed by atoms with Crippen LogP contribution in [0.3, 0.4) is 0 Å². The first kappa shape index (κ1) is 10.0. The molecule has 1 aromatic heterocycles. The molecule has 0 bridgehead atoms. The van der Waals surface area contributed by atoms with Crippen LogP contribution in [0.1, 0.15) is 47.1 Å². The first-order chi connectivity index (χ1) is 6.07. The molecule has 0 saturated carbocycles. The van der Waals surface area contributed by atoms with Crippen molar-refractivity contribution in [2.75, 3.05) is 0 Å². The Bertz CT molecular complexity index is 323. The Hall–Kier alpha value is -1.05. The summed E-state index contributed by atoms with van der Waals surface area (Å²) in [5.41, 5.74) is 4.23. The number of aryl methyl sites for hydroxylation is 1. The molecule has 0 aliphatic rings. The zero-order valence-electron chi connectivity index (χ0n) is 8.82. The molecule has 0 aliphatic carbocycles. The summed E-state index contributed by atoms with van der Waals surface area (Å²) in [5, 5.41) is 0. The summed E-state index contributed by atoms with van der Waals surface area (Å²) >= 11 is 0. The Morgan fingerprint density at radius 3 is 2.23 bits per heavy atom. The summed E-state index contributed by atoms with van der Waals surface area (Å²) in [5.74, 6) is 0.233. The van der Waals surface area contributed by atoms with Gasteiger partial charge in [0.05, 0.1) is 5.69 Å². The number of nitrogens with one attached hydrogen (secondary N) is 1. The molecule has 0 atom stereocenters. The maximum Gasteiger partial charge on any atom is 0.179 e. The number of rotatable bonds is 3. The van der Waals surface area contributed by atoms with Crippen LogP contribution in [-0.2, 0) is 0 Å². The quantitative estimate of drug-likeness (QED) is 0.711. The summed E-state index contributed by atoms with van der Waals surface area (Å²) in [4.78, 5) is 14.7. The van der Waals surface area contributed by atoms with E-state index in [2.05, 4.69) is 4.98 Å². The Labute approximate surface area is 79.4 Å². The first-order valence-corrected chi connectivity index (χ1v) is 4.76. The van der Waals surface area contributed by atoms with Gasteiger partial charge in [0.1, 0.15) is 0 Å². The number of hydrogen-bond donors (Lipinski definition) is 1. The number of hydrogen-bond acceptors (Lipinski definition) is 1. The Morgan fingerprint density at radius 2 is 1.85 bits per heavy atom. The maximum absolute atomic E-state index is 11.6. The van der Waals surface area contributed by atoms with Crippen LogP contribution >= 0.6 is 0 Å². The fourth-order valence-electron chi connectivity index (χ4n) is 1.47. The van der Waals surface area contributed by atoms with E-state index >= 15 is 0 Å². The van der Waals surface area contributed by atoms with Gasteiger partial charge in [0.2, 0.25) is 0 Å². The van der Waals surface area contributed by atoms with E-state index in [0.717, 1.165) is 23.4 Å². The van der Waals surface area contributed by atoms with Crippen LogP contribution in [0, 0.1) is 20.8 Å². The molecule has 0 spiro atoms. The lowest BCUT2D eigenvalue weighted by Gasteiger charge is -1.97. The van der Waals surface area contributed by atoms with Gasteiger partial charge < -0.3 is 4.98 Å². The van der Waals surface area contributed by atoms with Gasteiger partial charge in [-0.3, -0.25) is 4.79 Å². The predicted molar refractivity (Wildman–Crippen MR) is 54.2 cm³/mol. The normalized spacial score (nSPS) is 10.5. The van der Waals surface area contributed by atoms with Crippen molar-refractivity contribution in [3.63, 3.8) is 0 Å². The number of ketones is 1. The van der Waals surface area contributed by atoms with Crippen LogP contribution < -0.4 is 0 Å². The lowest BCUT2D eigenvalue weighted by atomic mass is 10.1. The second-order valence-electron chi connectivity index (χ2n) is 3.55. The van der Waals surface area contributed by atoms with Crippen molar-refractivity contribution >= 4 is 5.78 Å². The first-order valence-electron chi connectivity index (χ1n) is 4.76. The maximum atomic E-state index is 11.6. The third-order valence-corrected chi connectivity index (χ3v) is 2.57. The zero-order chi connectivity index (χ0) is 10.0. The SMILES string of the molecule is CCCC(=O)c1[nH]c(C)c(C)c1C. The number of aromatic nitrogens is 1. The topological polar surface area (TPSA) is 32.9 Å². The van der Waals surface area contributed by atoms with E-state index in [9.17, 15) is 4.79 Å². The van der Waals surface area contributed by atoms with E-state index in [-0.39, 0.29) is 5.78 Å². The number of aromatic amines is 1. The molecule has 0 fully saturated rings. The Morgan fingerprint density at radius 1 is 1.23 bits per heavy atom. The second kappa shape index (κ2) is 3.77. The van der Waals surface area contributed by atoms with Gasteiger partial charge in [-0.05, 0) is 38.3 Å². The highest BCUT2D eigenvalue weighted by Gasteiger charge is 2.13. The smallest absolute Gasteiger partial charge is 0.179 e. The number of Topliss-reactive ketones (excluding diaryl/α,β-unsaturated/α-hetero) is 1. The van der Waals surface area contributed by atoms with Crippen molar-refractivity contribution in [3.05, 3.63) is 22.5 Å². The zero-order valence-corrected chi connectivity index (χ0v) is 8.82. The van der Waals surface area contributed by atoms with Gasteiger partial charge in [-0.25, -0.2) is 0 Å². The minimum absolute atomic E-state index is 0.233. The molecule has 0 aromatic carbocycles. The van der Waals surface area contributed by atoms with Crippen LogP contribution in [0.15, 0.2) is 0 Å². The number of carbonyl (C=O) groups is 1. The second-order valence-corrected chi connectivity index (χ2v) is 3.55. The van der Waals surface area contributed by atoms with Crippen LogP contribution in [0.2, 0.25) is 0 Å². The minimum Gasteiger partial charge on any atom is -0.356 e. The van der Waals surface area contributed by atoms with Crippen molar-refractivity contribution in [1.82, 2.24) is 4.98 Å². The van der Waals surface area contributed by atoms with Gasteiger partial charge in [0.15, 0.2) is 5.78 Å². The molecular formula is C11H17NO. The molecular weight excluding hydrogens is 162 g/mol. The Balaban J connectivity index is 3.01. The molecule has 0 radical (unpaired) electrons. The lowest BCUT2D eigenvalue weighted by molar-refractivity contribution is 0.0977. The van der Waals surface area contributed by atoms with Crippen molar-refractivity contribution in [1.29, 1.82) is 0 Å². The minimum atomic E-state index is 0.233. The fraction of sp³-hybridized carbons (Fsp3) is 0.545. The fourth-order valence-corrected chi connectivity index (χ4v) is 1.47. The predicted octanol–water partition coefficient (Wildman–Crippen LogP) is 2.92. The summed E-state index contributed by atoms with van der Waals surface area (Å²) < 4.78 is 0. The lowest BCUT2D eigenvalue weighted by Crippen LogP contribution is -2.00. The van der Waals surface area contributed by atoms with Crippen molar-refractivity contribution < 1.29 is 4.79 Å². The molecule has 13 heavy (non-hydrogen) atoms. The van der Waals surface area contributed by atoms with Crippen LogP contribution in [0.5, 0.6) is 0 Å². The van der Waals surface area contributed by atoms with E-state index < -0.39 is 0 Å². The van der Waals surface area contributed by atoms with Gasteiger partial charge in [0, 0.05) is 12.1 Å². The molecule has 72 valence electrons. The highest BCUT2D eigenvalue weighted by Crippen LogP contribution is 2.17. The van der Waals surface area contributed by atoms with Gasteiger partial charge in [-0.2, -0.15) is 0 Å². The van der Waals surface area contributed by atoms with Gasteiger partial charge in [-0.15, -0.1) is 0 Å². The molecule has 0 unspecified atom stereocenters. The molecule has 1 rings (SSSR count). The highest BCUT2D eigenvalue weighted by molar-refractivity contribution is 5.96. The summed E-state index contributed by atoms with van der Waals surface area (Å²) in [7, 11) is 0.